The van der Waals surface area contributed by atoms with Crippen LogP contribution >= 0.6 is 0 Å². The zero-order valence-electron chi connectivity index (χ0n) is 17.9. The molecule has 0 radical (unpaired) electrons. The summed E-state index contributed by atoms with van der Waals surface area (Å²) in [7, 11) is -0.0163. The summed E-state index contributed by atoms with van der Waals surface area (Å²) in [5.41, 5.74) is 5.90. The van der Waals surface area contributed by atoms with Gasteiger partial charge in [0.25, 0.3) is 0 Å². The Morgan fingerprint density at radius 3 is 2.52 bits per heavy atom. The zero-order valence-corrected chi connectivity index (χ0v) is 18.9. The normalized spacial score (nSPS) is 11.7. The van der Waals surface area contributed by atoms with Crippen LogP contribution in [-0.2, 0) is 16.2 Å². The van der Waals surface area contributed by atoms with Gasteiger partial charge < -0.3 is 24.5 Å². The van der Waals surface area contributed by atoms with E-state index in [2.05, 4.69) is 24.6 Å². The fraction of sp³-hybridized carbons (Fsp3) is 0.333. The number of nitrogens with zero attached hydrogens (tertiary/aromatic N) is 2. The van der Waals surface area contributed by atoms with Crippen molar-refractivity contribution in [3.63, 3.8) is 0 Å². The van der Waals surface area contributed by atoms with E-state index in [-0.39, 0.29) is 29.1 Å². The maximum absolute atomic E-state index is 14.3. The standard InChI is InChI=1S/C21H25F2N3O4Si/c1-28-21(27)14-11-26(12-29-7-8-31(2,3)4)20-18(14)17(5-6-25-20)30-19-15(22)9-13(24)10-16(19)23/h5-6,9-11H,7-8,12,24H2,1-4H3. The molecular formula is C21H25F2N3O4Si. The number of aromatic nitrogens is 2. The molecule has 3 aromatic rings. The SMILES string of the molecule is COC(=O)c1cn(COCC[Si](C)(C)C)c2nccc(Oc3c(F)cc(N)cc3F)c12. The molecule has 166 valence electrons. The van der Waals surface area contributed by atoms with E-state index in [0.29, 0.717) is 12.3 Å². The van der Waals surface area contributed by atoms with E-state index in [4.69, 9.17) is 19.9 Å². The summed E-state index contributed by atoms with van der Waals surface area (Å²) in [5, 5.41) is 0.263. The number of carbonyl (C=O) groups excluding carboxylic acids is 1. The van der Waals surface area contributed by atoms with Gasteiger partial charge in [-0.15, -0.1) is 0 Å². The topological polar surface area (TPSA) is 88.6 Å². The first-order valence-electron chi connectivity index (χ1n) is 9.67. The van der Waals surface area contributed by atoms with Crippen molar-refractivity contribution in [2.45, 2.75) is 32.4 Å². The number of rotatable bonds is 8. The van der Waals surface area contributed by atoms with E-state index >= 15 is 0 Å². The third kappa shape index (κ3) is 5.20. The average Bonchev–Trinajstić information content (AvgIpc) is 3.06. The summed E-state index contributed by atoms with van der Waals surface area (Å²) in [4.78, 5) is 16.7. The fourth-order valence-electron chi connectivity index (χ4n) is 2.96. The van der Waals surface area contributed by atoms with Gasteiger partial charge in [-0.2, -0.15) is 0 Å². The lowest BCUT2D eigenvalue weighted by atomic mass is 10.2. The number of pyridine rings is 1. The van der Waals surface area contributed by atoms with Crippen LogP contribution in [0.1, 0.15) is 10.4 Å². The molecule has 31 heavy (non-hydrogen) atoms. The molecule has 7 nitrogen and oxygen atoms in total. The van der Waals surface area contributed by atoms with Gasteiger partial charge >= 0.3 is 5.97 Å². The second-order valence-corrected chi connectivity index (χ2v) is 13.9. The highest BCUT2D eigenvalue weighted by Crippen LogP contribution is 2.36. The quantitative estimate of drug-likeness (QED) is 0.230. The van der Waals surface area contributed by atoms with Gasteiger partial charge in [0.2, 0.25) is 0 Å². The Hall–Kier alpha value is -2.98. The minimum atomic E-state index is -1.26. The van der Waals surface area contributed by atoms with Crippen LogP contribution in [0.15, 0.2) is 30.6 Å². The smallest absolute Gasteiger partial charge is 0.340 e. The van der Waals surface area contributed by atoms with Crippen LogP contribution < -0.4 is 10.5 Å². The first kappa shape index (κ1) is 22.7. The first-order chi connectivity index (χ1) is 14.6. The van der Waals surface area contributed by atoms with Crippen LogP contribution in [-0.4, -0.2) is 37.3 Å². The van der Waals surface area contributed by atoms with Gasteiger partial charge in [0.05, 0.1) is 18.1 Å². The number of hydrogen-bond acceptors (Lipinski definition) is 6. The number of benzene rings is 1. The number of nitrogen functional groups attached to an aromatic ring is 1. The van der Waals surface area contributed by atoms with Crippen molar-refractivity contribution in [2.24, 2.45) is 0 Å². The monoisotopic (exact) mass is 449 g/mol. The summed E-state index contributed by atoms with van der Waals surface area (Å²) in [5.74, 6) is -3.14. The van der Waals surface area contributed by atoms with Gasteiger partial charge in [-0.25, -0.2) is 18.6 Å². The van der Waals surface area contributed by atoms with Crippen LogP contribution in [0.25, 0.3) is 11.0 Å². The summed E-state index contributed by atoms with van der Waals surface area (Å²) in [6.45, 7) is 7.46. The molecule has 0 saturated carbocycles. The van der Waals surface area contributed by atoms with Crippen LogP contribution in [0.4, 0.5) is 14.5 Å². The van der Waals surface area contributed by atoms with Gasteiger partial charge in [0, 0.05) is 44.9 Å². The fourth-order valence-corrected chi connectivity index (χ4v) is 3.72. The lowest BCUT2D eigenvalue weighted by molar-refractivity contribution is 0.0600. The number of esters is 1. The van der Waals surface area contributed by atoms with Crippen molar-refractivity contribution in [2.75, 3.05) is 19.5 Å². The van der Waals surface area contributed by atoms with Crippen LogP contribution in [0, 0.1) is 11.6 Å². The van der Waals surface area contributed by atoms with Gasteiger partial charge in [0.15, 0.2) is 17.4 Å². The minimum absolute atomic E-state index is 0.0498. The van der Waals surface area contributed by atoms with Gasteiger partial charge in [-0.05, 0) is 12.1 Å². The molecule has 2 N–H and O–H groups in total. The molecule has 0 aliphatic rings. The number of nitrogens with two attached hydrogens (primary N) is 1. The summed E-state index contributed by atoms with van der Waals surface area (Å²) < 4.78 is 46.3. The molecule has 0 fully saturated rings. The molecule has 2 heterocycles. The van der Waals surface area contributed by atoms with E-state index in [0.717, 1.165) is 18.2 Å². The number of hydrogen-bond donors (Lipinski definition) is 1. The minimum Gasteiger partial charge on any atom is -0.465 e. The number of anilines is 1. The van der Waals surface area contributed by atoms with Crippen molar-refractivity contribution in [1.29, 1.82) is 0 Å². The predicted molar refractivity (Wildman–Crippen MR) is 116 cm³/mol. The maximum Gasteiger partial charge on any atom is 0.340 e. The molecule has 0 unspecified atom stereocenters. The Kier molecular flexibility index (Phi) is 6.61. The lowest BCUT2D eigenvalue weighted by Gasteiger charge is -2.15. The van der Waals surface area contributed by atoms with Crippen molar-refractivity contribution in [1.82, 2.24) is 9.55 Å². The van der Waals surface area contributed by atoms with Crippen molar-refractivity contribution >= 4 is 30.8 Å². The highest BCUT2D eigenvalue weighted by atomic mass is 28.3. The molecule has 0 saturated heterocycles. The Bertz CT molecular complexity index is 1090. The second-order valence-electron chi connectivity index (χ2n) is 8.28. The average molecular weight is 450 g/mol. The van der Waals surface area contributed by atoms with Crippen LogP contribution in [0.5, 0.6) is 11.5 Å². The Labute approximate surface area is 179 Å². The molecule has 1 aromatic carbocycles. The molecule has 0 aliphatic carbocycles. The number of ether oxygens (including phenoxy) is 3. The maximum atomic E-state index is 14.3. The Morgan fingerprint density at radius 2 is 1.90 bits per heavy atom. The highest BCUT2D eigenvalue weighted by molar-refractivity contribution is 6.76. The molecular weight excluding hydrogens is 424 g/mol. The third-order valence-electron chi connectivity index (χ3n) is 4.58. The Morgan fingerprint density at radius 1 is 1.23 bits per heavy atom. The predicted octanol–water partition coefficient (Wildman–Crippen LogP) is 4.79. The van der Waals surface area contributed by atoms with Gasteiger partial charge in [-0.1, -0.05) is 19.6 Å². The van der Waals surface area contributed by atoms with Crippen LogP contribution in [0.2, 0.25) is 25.7 Å². The molecule has 0 atom stereocenters. The molecule has 0 aliphatic heterocycles. The van der Waals surface area contributed by atoms with E-state index in [1.807, 2.05) is 0 Å². The van der Waals surface area contributed by atoms with Crippen LogP contribution in [0.3, 0.4) is 0 Å². The summed E-state index contributed by atoms with van der Waals surface area (Å²) in [6, 6.07) is 4.30. The molecule has 2 aromatic heterocycles. The lowest BCUT2D eigenvalue weighted by Crippen LogP contribution is -2.22. The first-order valence-corrected chi connectivity index (χ1v) is 13.4. The summed E-state index contributed by atoms with van der Waals surface area (Å²) in [6.07, 6.45) is 2.95. The summed E-state index contributed by atoms with van der Waals surface area (Å²) >= 11 is 0. The van der Waals surface area contributed by atoms with Crippen molar-refractivity contribution in [3.05, 3.63) is 47.8 Å². The van der Waals surface area contributed by atoms with Crippen molar-refractivity contribution < 1.29 is 27.8 Å². The zero-order chi connectivity index (χ0) is 22.8. The third-order valence-corrected chi connectivity index (χ3v) is 6.29. The van der Waals surface area contributed by atoms with Gasteiger partial charge in [-0.3, -0.25) is 0 Å². The molecule has 10 heteroatoms. The van der Waals surface area contributed by atoms with E-state index in [9.17, 15) is 13.6 Å². The number of carbonyl (C=O) groups is 1. The molecule has 0 bridgehead atoms. The second kappa shape index (κ2) is 9.02. The molecule has 0 amide bonds. The Balaban J connectivity index is 2.00. The molecule has 0 spiro atoms. The van der Waals surface area contributed by atoms with Gasteiger partial charge in [0.1, 0.15) is 18.1 Å². The van der Waals surface area contributed by atoms with E-state index in [1.54, 1.807) is 4.57 Å². The number of fused-ring (bicyclic) bond motifs is 1. The van der Waals surface area contributed by atoms with Crippen molar-refractivity contribution in [3.8, 4) is 11.5 Å². The van der Waals surface area contributed by atoms with E-state index < -0.39 is 31.4 Å². The number of halogens is 2. The highest BCUT2D eigenvalue weighted by Gasteiger charge is 2.23. The number of methoxy groups -OCH3 is 1. The largest absolute Gasteiger partial charge is 0.465 e. The molecule has 3 rings (SSSR count). The van der Waals surface area contributed by atoms with E-state index in [1.165, 1.54) is 25.6 Å².